The van der Waals surface area contributed by atoms with Crippen molar-refractivity contribution in [2.45, 2.75) is 25.1 Å². The van der Waals surface area contributed by atoms with Gasteiger partial charge in [0.15, 0.2) is 0 Å². The number of piperazine rings is 1. The van der Waals surface area contributed by atoms with Gasteiger partial charge in [-0.05, 0) is 23.8 Å². The van der Waals surface area contributed by atoms with Crippen LogP contribution in [-0.4, -0.2) is 99.5 Å². The zero-order valence-electron chi connectivity index (χ0n) is 22.9. The second-order valence-corrected chi connectivity index (χ2v) is 11.0. The molecule has 5 rings (SSSR count). The minimum Gasteiger partial charge on any atom is -0.480 e. The molecule has 2 fully saturated rings. The quantitative estimate of drug-likeness (QED) is 0.430. The number of likely N-dealkylation sites (tertiary alicyclic amines) is 1. The largest absolute Gasteiger partial charge is 0.480 e. The first kappa shape index (κ1) is 29.5. The van der Waals surface area contributed by atoms with E-state index < -0.39 is 48.1 Å². The van der Waals surface area contributed by atoms with Gasteiger partial charge in [-0.2, -0.15) is 0 Å². The van der Waals surface area contributed by atoms with E-state index in [-0.39, 0.29) is 48.9 Å². The maximum Gasteiger partial charge on any atom is 0.317 e. The molecule has 1 aromatic heterocycles. The van der Waals surface area contributed by atoms with E-state index >= 15 is 4.39 Å². The van der Waals surface area contributed by atoms with E-state index in [0.717, 1.165) is 21.9 Å². The number of nitrogens with one attached hydrogen (secondary N) is 1. The molecular weight excluding hydrogens is 572 g/mol. The zero-order valence-corrected chi connectivity index (χ0v) is 23.6. The molecule has 2 aliphatic rings. The van der Waals surface area contributed by atoms with E-state index in [2.05, 4.69) is 5.32 Å². The van der Waals surface area contributed by atoms with Crippen molar-refractivity contribution >= 4 is 51.9 Å². The van der Waals surface area contributed by atoms with Gasteiger partial charge in [-0.15, -0.1) is 0 Å². The molecule has 0 aliphatic carbocycles. The number of hydrogen-bond donors (Lipinski definition) is 2. The number of carboxylic acids is 1. The fourth-order valence-electron chi connectivity index (χ4n) is 5.62. The van der Waals surface area contributed by atoms with Crippen LogP contribution in [0.25, 0.3) is 10.9 Å². The molecule has 0 bridgehead atoms. The van der Waals surface area contributed by atoms with Crippen LogP contribution in [0, 0.1) is 5.82 Å². The number of halogens is 3. The molecule has 3 amide bonds. The Balaban J connectivity index is 1.26. The van der Waals surface area contributed by atoms with Crippen molar-refractivity contribution in [1.29, 1.82) is 0 Å². The van der Waals surface area contributed by atoms with Gasteiger partial charge in [-0.3, -0.25) is 24.1 Å². The first-order chi connectivity index (χ1) is 20.0. The first-order valence-corrected chi connectivity index (χ1v) is 13.9. The molecule has 13 heteroatoms. The highest BCUT2D eigenvalue weighted by molar-refractivity contribution is 6.34. The third-order valence-electron chi connectivity index (χ3n) is 7.77. The van der Waals surface area contributed by atoms with Crippen LogP contribution in [0.15, 0.2) is 42.6 Å². The highest BCUT2D eigenvalue weighted by Gasteiger charge is 2.42. The predicted octanol–water partition coefficient (Wildman–Crippen LogP) is 2.93. The Hall–Kier alpha value is -4.03. The second kappa shape index (κ2) is 12.1. The van der Waals surface area contributed by atoms with Gasteiger partial charge in [0.2, 0.25) is 11.8 Å². The lowest BCUT2D eigenvalue weighted by Gasteiger charge is -2.36. The van der Waals surface area contributed by atoms with Crippen LogP contribution in [0.1, 0.15) is 22.3 Å². The predicted molar refractivity (Wildman–Crippen MR) is 152 cm³/mol. The van der Waals surface area contributed by atoms with Gasteiger partial charge in [0, 0.05) is 56.7 Å². The Bertz CT molecular complexity index is 1550. The topological polar surface area (TPSA) is 115 Å². The fourth-order valence-corrected chi connectivity index (χ4v) is 5.85. The molecule has 2 atom stereocenters. The van der Waals surface area contributed by atoms with Gasteiger partial charge < -0.3 is 24.8 Å². The number of alkyl halides is 1. The number of anilines is 1. The summed E-state index contributed by atoms with van der Waals surface area (Å²) in [7, 11) is 1.81. The van der Waals surface area contributed by atoms with Crippen molar-refractivity contribution in [3.05, 3.63) is 64.6 Å². The molecule has 0 unspecified atom stereocenters. The summed E-state index contributed by atoms with van der Waals surface area (Å²) in [6, 6.07) is 8.59. The molecule has 3 aromatic rings. The maximum atomic E-state index is 15.2. The summed E-state index contributed by atoms with van der Waals surface area (Å²) >= 11 is 6.37. The van der Waals surface area contributed by atoms with E-state index in [0.29, 0.717) is 18.7 Å². The van der Waals surface area contributed by atoms with Crippen molar-refractivity contribution in [1.82, 2.24) is 19.3 Å². The van der Waals surface area contributed by atoms with Crippen molar-refractivity contribution < 1.29 is 33.1 Å². The van der Waals surface area contributed by atoms with E-state index in [1.54, 1.807) is 21.7 Å². The molecule has 0 saturated carbocycles. The van der Waals surface area contributed by atoms with Crippen LogP contribution in [-0.2, 0) is 27.9 Å². The summed E-state index contributed by atoms with van der Waals surface area (Å²) in [6.07, 6.45) is -0.357. The Kier molecular flexibility index (Phi) is 8.46. The average Bonchev–Trinajstić information content (AvgIpc) is 3.51. The molecule has 10 nitrogen and oxygen atoms in total. The lowest BCUT2D eigenvalue weighted by atomic mass is 10.1. The number of fused-ring (bicyclic) bond motifs is 1. The number of amides is 3. The highest BCUT2D eigenvalue weighted by atomic mass is 35.5. The van der Waals surface area contributed by atoms with Crippen LogP contribution in [0.3, 0.4) is 0 Å². The van der Waals surface area contributed by atoms with Crippen molar-refractivity contribution in [2.75, 3.05) is 44.6 Å². The molecular formula is C29H30ClF2N5O5. The molecule has 2 N–H and O–H groups in total. The second-order valence-electron chi connectivity index (χ2n) is 10.6. The van der Waals surface area contributed by atoms with Gasteiger partial charge in [-0.1, -0.05) is 29.8 Å². The molecule has 0 radical (unpaired) electrons. The summed E-state index contributed by atoms with van der Waals surface area (Å²) in [4.78, 5) is 54.7. The Morgan fingerprint density at radius 1 is 1.10 bits per heavy atom. The molecule has 2 saturated heterocycles. The van der Waals surface area contributed by atoms with Crippen LogP contribution in [0.4, 0.5) is 14.5 Å². The lowest BCUT2D eigenvalue weighted by molar-refractivity contribution is -0.145. The number of carbonyl (C=O) groups is 4. The van der Waals surface area contributed by atoms with Gasteiger partial charge >= 0.3 is 5.97 Å². The van der Waals surface area contributed by atoms with Crippen molar-refractivity contribution in [2.24, 2.45) is 7.05 Å². The van der Waals surface area contributed by atoms with Crippen LogP contribution in [0.2, 0.25) is 5.02 Å². The maximum absolute atomic E-state index is 15.2. The van der Waals surface area contributed by atoms with Gasteiger partial charge in [0.05, 0.1) is 35.8 Å². The van der Waals surface area contributed by atoms with Gasteiger partial charge in [0.25, 0.3) is 5.91 Å². The summed E-state index contributed by atoms with van der Waals surface area (Å²) < 4.78 is 31.4. The number of hydrogen-bond acceptors (Lipinski definition) is 5. The third kappa shape index (κ3) is 6.09. The number of nitrogens with zero attached hydrogens (tertiary/aromatic N) is 4. The molecule has 222 valence electrons. The van der Waals surface area contributed by atoms with Gasteiger partial charge in [0.1, 0.15) is 18.0 Å². The Morgan fingerprint density at radius 3 is 2.52 bits per heavy atom. The first-order valence-electron chi connectivity index (χ1n) is 13.5. The van der Waals surface area contributed by atoms with Crippen LogP contribution < -0.4 is 5.32 Å². The number of rotatable bonds is 7. The zero-order chi connectivity index (χ0) is 30.1. The summed E-state index contributed by atoms with van der Waals surface area (Å²) in [5.74, 6) is -3.26. The van der Waals surface area contributed by atoms with Crippen LogP contribution in [0.5, 0.6) is 0 Å². The number of aryl methyl sites for hydroxylation is 1. The summed E-state index contributed by atoms with van der Waals surface area (Å²) in [5.41, 5.74) is 1.22. The van der Waals surface area contributed by atoms with E-state index in [9.17, 15) is 23.6 Å². The number of carbonyl (C=O) groups excluding carboxylic acids is 3. The minimum absolute atomic E-state index is 0.0180. The molecule has 2 aromatic carbocycles. The molecule has 3 heterocycles. The number of para-hydroxylation sites is 1. The molecule has 42 heavy (non-hydrogen) atoms. The smallest absolute Gasteiger partial charge is 0.317 e. The van der Waals surface area contributed by atoms with Crippen LogP contribution >= 0.6 is 11.6 Å². The Morgan fingerprint density at radius 2 is 1.81 bits per heavy atom. The number of aromatic nitrogens is 1. The average molecular weight is 602 g/mol. The van der Waals surface area contributed by atoms with Crippen molar-refractivity contribution in [3.8, 4) is 0 Å². The van der Waals surface area contributed by atoms with E-state index in [1.165, 1.54) is 11.0 Å². The monoisotopic (exact) mass is 601 g/mol. The number of aliphatic carboxylic acids is 1. The highest BCUT2D eigenvalue weighted by Crippen LogP contribution is 2.30. The summed E-state index contributed by atoms with van der Waals surface area (Å²) in [6.45, 7) is 0.802. The molecule has 0 spiro atoms. The standard InChI is InChI=1S/C29H30ClF2N5O5/c1-34-15-20(19-4-2-3-5-24(19)34)28(41)33-23-13-22(32)17(10-21(23)30)11-26(38)37-14-18(31)12-25(37)29(42)36-8-6-35(7-9-36)16-27(39)40/h2-5,10,13,15,18,25H,6-9,11-12,14,16H2,1H3,(H,33,41)(H,39,40)/t18-,25-/m0/s1. The third-order valence-corrected chi connectivity index (χ3v) is 8.08. The lowest BCUT2D eigenvalue weighted by Crippen LogP contribution is -2.55. The Labute approximate surface area is 245 Å². The fraction of sp³-hybridized carbons (Fsp3) is 0.379. The SMILES string of the molecule is Cn1cc(C(=O)Nc2cc(F)c(CC(=O)N3C[C@@H](F)C[C@H]3C(=O)N3CCN(CC(=O)O)CC3)cc2Cl)c2ccccc21. The minimum atomic E-state index is -1.41. The number of benzene rings is 2. The summed E-state index contributed by atoms with van der Waals surface area (Å²) in [5, 5.41) is 12.3. The normalized spacial score (nSPS) is 19.3. The van der Waals surface area contributed by atoms with Crippen molar-refractivity contribution in [3.63, 3.8) is 0 Å². The van der Waals surface area contributed by atoms with E-state index in [1.807, 2.05) is 25.2 Å². The molecule has 2 aliphatic heterocycles. The number of carboxylic acid groups (broad SMARTS) is 1. The van der Waals surface area contributed by atoms with E-state index in [4.69, 9.17) is 16.7 Å². The van der Waals surface area contributed by atoms with Gasteiger partial charge in [-0.25, -0.2) is 8.78 Å².